The number of esters is 1. The van der Waals surface area contributed by atoms with Gasteiger partial charge in [-0.15, -0.1) is 0 Å². The van der Waals surface area contributed by atoms with Crippen LogP contribution in [0.2, 0.25) is 0 Å². The van der Waals surface area contributed by atoms with Crippen LogP contribution in [0.3, 0.4) is 0 Å². The summed E-state index contributed by atoms with van der Waals surface area (Å²) in [4.78, 5) is 22.6. The summed E-state index contributed by atoms with van der Waals surface area (Å²) >= 11 is 0. The molecule has 1 aromatic heterocycles. The number of aldehydes is 1. The molecule has 0 aliphatic carbocycles. The van der Waals surface area contributed by atoms with Gasteiger partial charge in [-0.1, -0.05) is 12.1 Å². The lowest BCUT2D eigenvalue weighted by Gasteiger charge is -2.03. The third-order valence-corrected chi connectivity index (χ3v) is 3.43. The Morgan fingerprint density at radius 3 is 2.67 bits per heavy atom. The Morgan fingerprint density at radius 1 is 1.38 bits per heavy atom. The van der Waals surface area contributed by atoms with Crippen LogP contribution in [0.5, 0.6) is 0 Å². The van der Waals surface area contributed by atoms with Crippen molar-refractivity contribution in [1.29, 1.82) is 0 Å². The number of ether oxygens (including phenoxy) is 1. The molecule has 2 rings (SSSR count). The predicted molar refractivity (Wildman–Crippen MR) is 79.0 cm³/mol. The minimum Gasteiger partial charge on any atom is -0.468 e. The van der Waals surface area contributed by atoms with E-state index in [1.807, 2.05) is 32.0 Å². The lowest BCUT2D eigenvalue weighted by atomic mass is 10.0. The first-order valence-electron chi connectivity index (χ1n) is 6.43. The number of carbonyl (C=O) groups excluding carboxylic acids is 2. The number of aryl methyl sites for hydroxylation is 2. The highest BCUT2D eigenvalue weighted by Gasteiger charge is 2.18. The van der Waals surface area contributed by atoms with Crippen molar-refractivity contribution in [3.63, 3.8) is 0 Å². The number of hydrogen-bond donors (Lipinski definition) is 1. The number of aromatic nitrogens is 2. The van der Waals surface area contributed by atoms with Crippen LogP contribution in [-0.2, 0) is 16.1 Å². The van der Waals surface area contributed by atoms with Crippen molar-refractivity contribution < 1.29 is 14.3 Å². The molecule has 0 atom stereocenters. The van der Waals surface area contributed by atoms with E-state index in [-0.39, 0.29) is 17.9 Å². The summed E-state index contributed by atoms with van der Waals surface area (Å²) in [6, 6.07) is 5.76. The summed E-state index contributed by atoms with van der Waals surface area (Å²) in [5.41, 5.74) is 9.65. The third-order valence-electron chi connectivity index (χ3n) is 3.43. The van der Waals surface area contributed by atoms with E-state index in [4.69, 9.17) is 5.73 Å². The Morgan fingerprint density at radius 2 is 2.10 bits per heavy atom. The number of nitrogen functional groups attached to an aromatic ring is 1. The zero-order valence-corrected chi connectivity index (χ0v) is 12.2. The van der Waals surface area contributed by atoms with Crippen LogP contribution in [0.4, 0.5) is 5.82 Å². The van der Waals surface area contributed by atoms with Gasteiger partial charge in [0.25, 0.3) is 0 Å². The first kappa shape index (κ1) is 14.8. The number of rotatable bonds is 4. The maximum Gasteiger partial charge on any atom is 0.327 e. The van der Waals surface area contributed by atoms with E-state index in [1.54, 1.807) is 0 Å². The standard InChI is InChI=1S/C15H17N3O3/c1-9-4-5-11(6-10(9)2)14-12(8-19)15(16)18(17-14)7-13(20)21-3/h4-6,8H,7,16H2,1-3H3. The molecule has 6 heteroatoms. The Hall–Kier alpha value is -2.63. The summed E-state index contributed by atoms with van der Waals surface area (Å²) in [5.74, 6) is -0.322. The van der Waals surface area contributed by atoms with Gasteiger partial charge < -0.3 is 10.5 Å². The fourth-order valence-electron chi connectivity index (χ4n) is 2.01. The second-order valence-corrected chi connectivity index (χ2v) is 4.80. The van der Waals surface area contributed by atoms with Gasteiger partial charge >= 0.3 is 5.97 Å². The van der Waals surface area contributed by atoms with Crippen molar-refractivity contribution in [2.24, 2.45) is 0 Å². The van der Waals surface area contributed by atoms with Crippen molar-refractivity contribution in [3.05, 3.63) is 34.9 Å². The smallest absolute Gasteiger partial charge is 0.327 e. The lowest BCUT2D eigenvalue weighted by molar-refractivity contribution is -0.141. The second kappa shape index (κ2) is 5.78. The van der Waals surface area contributed by atoms with Crippen molar-refractivity contribution in [1.82, 2.24) is 9.78 Å². The fraction of sp³-hybridized carbons (Fsp3) is 0.267. The summed E-state index contributed by atoms with van der Waals surface area (Å²) < 4.78 is 5.87. The van der Waals surface area contributed by atoms with E-state index in [1.165, 1.54) is 11.8 Å². The van der Waals surface area contributed by atoms with Gasteiger partial charge in [0.05, 0.1) is 12.7 Å². The maximum absolute atomic E-state index is 11.4. The molecule has 2 N–H and O–H groups in total. The number of nitrogens with two attached hydrogens (primary N) is 1. The Bertz CT molecular complexity index is 704. The average Bonchev–Trinajstić information content (AvgIpc) is 2.78. The van der Waals surface area contributed by atoms with Gasteiger partial charge in [-0.05, 0) is 31.0 Å². The molecule has 2 aromatic rings. The minimum atomic E-state index is -0.478. The molecule has 0 saturated carbocycles. The van der Waals surface area contributed by atoms with Crippen LogP contribution in [0, 0.1) is 13.8 Å². The molecule has 0 bridgehead atoms. The number of benzene rings is 1. The molecule has 0 saturated heterocycles. The fourth-order valence-corrected chi connectivity index (χ4v) is 2.01. The van der Waals surface area contributed by atoms with Gasteiger partial charge in [0.1, 0.15) is 18.1 Å². The first-order valence-corrected chi connectivity index (χ1v) is 6.43. The molecule has 0 unspecified atom stereocenters. The van der Waals surface area contributed by atoms with E-state index in [2.05, 4.69) is 9.84 Å². The van der Waals surface area contributed by atoms with Crippen molar-refractivity contribution in [2.45, 2.75) is 20.4 Å². The van der Waals surface area contributed by atoms with Gasteiger partial charge in [0.2, 0.25) is 0 Å². The quantitative estimate of drug-likeness (QED) is 0.683. The highest BCUT2D eigenvalue weighted by Crippen LogP contribution is 2.27. The molecule has 110 valence electrons. The van der Waals surface area contributed by atoms with E-state index in [0.29, 0.717) is 12.0 Å². The Kier molecular flexibility index (Phi) is 4.07. The molecule has 1 heterocycles. The SMILES string of the molecule is COC(=O)Cn1nc(-c2ccc(C)c(C)c2)c(C=O)c1N. The highest BCUT2D eigenvalue weighted by molar-refractivity contribution is 5.92. The molecule has 0 aliphatic rings. The van der Waals surface area contributed by atoms with Crippen LogP contribution in [0.1, 0.15) is 21.5 Å². The van der Waals surface area contributed by atoms with Crippen molar-refractivity contribution in [3.8, 4) is 11.3 Å². The van der Waals surface area contributed by atoms with Gasteiger partial charge in [-0.2, -0.15) is 5.10 Å². The molecule has 1 aromatic carbocycles. The van der Waals surface area contributed by atoms with E-state index in [9.17, 15) is 9.59 Å². The van der Waals surface area contributed by atoms with Gasteiger partial charge in [0.15, 0.2) is 6.29 Å². The molecule has 0 radical (unpaired) electrons. The number of carbonyl (C=O) groups is 2. The topological polar surface area (TPSA) is 87.2 Å². The van der Waals surface area contributed by atoms with Gasteiger partial charge in [-0.25, -0.2) is 4.68 Å². The maximum atomic E-state index is 11.4. The normalized spacial score (nSPS) is 10.4. The number of nitrogens with zero attached hydrogens (tertiary/aromatic N) is 2. The summed E-state index contributed by atoms with van der Waals surface area (Å²) in [6.07, 6.45) is 0.653. The minimum absolute atomic E-state index is 0.131. The van der Waals surface area contributed by atoms with Crippen LogP contribution in [0.25, 0.3) is 11.3 Å². The molecule has 0 amide bonds. The van der Waals surface area contributed by atoms with Crippen LogP contribution in [-0.4, -0.2) is 29.1 Å². The number of methoxy groups -OCH3 is 1. The zero-order valence-electron chi connectivity index (χ0n) is 12.2. The van der Waals surface area contributed by atoms with E-state index >= 15 is 0 Å². The number of anilines is 1. The summed E-state index contributed by atoms with van der Waals surface area (Å²) in [6.45, 7) is 3.85. The first-order chi connectivity index (χ1) is 9.97. The lowest BCUT2D eigenvalue weighted by Crippen LogP contribution is -2.14. The second-order valence-electron chi connectivity index (χ2n) is 4.80. The van der Waals surface area contributed by atoms with Crippen molar-refractivity contribution >= 4 is 18.1 Å². The van der Waals surface area contributed by atoms with Crippen LogP contribution < -0.4 is 5.73 Å². The molecule has 0 fully saturated rings. The van der Waals surface area contributed by atoms with E-state index in [0.717, 1.165) is 16.7 Å². The molecular weight excluding hydrogens is 270 g/mol. The van der Waals surface area contributed by atoms with Crippen molar-refractivity contribution in [2.75, 3.05) is 12.8 Å². The molecular formula is C15H17N3O3. The summed E-state index contributed by atoms with van der Waals surface area (Å²) in [7, 11) is 1.28. The van der Waals surface area contributed by atoms with Gasteiger partial charge in [-0.3, -0.25) is 9.59 Å². The Labute approximate surface area is 122 Å². The average molecular weight is 287 g/mol. The Balaban J connectivity index is 2.52. The highest BCUT2D eigenvalue weighted by atomic mass is 16.5. The summed E-state index contributed by atoms with van der Waals surface area (Å²) in [5, 5.41) is 4.27. The van der Waals surface area contributed by atoms with E-state index < -0.39 is 5.97 Å². The molecule has 0 spiro atoms. The zero-order chi connectivity index (χ0) is 15.6. The molecule has 6 nitrogen and oxygen atoms in total. The number of hydrogen-bond acceptors (Lipinski definition) is 5. The monoisotopic (exact) mass is 287 g/mol. The predicted octanol–water partition coefficient (Wildman–Crippen LogP) is 1.73. The third kappa shape index (κ3) is 2.79. The van der Waals surface area contributed by atoms with Crippen LogP contribution >= 0.6 is 0 Å². The molecule has 0 aliphatic heterocycles. The van der Waals surface area contributed by atoms with Gasteiger partial charge in [0, 0.05) is 5.56 Å². The molecule has 21 heavy (non-hydrogen) atoms. The van der Waals surface area contributed by atoms with Crippen LogP contribution in [0.15, 0.2) is 18.2 Å². The largest absolute Gasteiger partial charge is 0.468 e.